The van der Waals surface area contributed by atoms with Crippen molar-refractivity contribution in [2.75, 3.05) is 5.32 Å². The predicted octanol–water partition coefficient (Wildman–Crippen LogP) is 3.35. The van der Waals surface area contributed by atoms with Crippen LogP contribution in [0.1, 0.15) is 18.5 Å². The van der Waals surface area contributed by atoms with Crippen LogP contribution in [0.2, 0.25) is 5.02 Å². The summed E-state index contributed by atoms with van der Waals surface area (Å²) in [5, 5.41) is 8.68. The Labute approximate surface area is 187 Å². The van der Waals surface area contributed by atoms with Crippen LogP contribution in [0.15, 0.2) is 55.2 Å². The number of ether oxygens (including phenoxy) is 1. The van der Waals surface area contributed by atoms with Crippen LogP contribution in [-0.4, -0.2) is 32.5 Å². The number of anilines is 2. The molecule has 0 unspecified atom stereocenters. The Morgan fingerprint density at radius 1 is 1.12 bits per heavy atom. The average molecular weight is 457 g/mol. The normalized spacial score (nSPS) is 13.7. The molecule has 0 saturated heterocycles. The molecule has 0 radical (unpaired) electrons. The molecule has 3 aromatic rings. The van der Waals surface area contributed by atoms with Gasteiger partial charge in [-0.15, -0.1) is 0 Å². The zero-order chi connectivity index (χ0) is 22.6. The number of carbonyl (C=O) groups is 2. The Kier molecular flexibility index (Phi) is 6.13. The lowest BCUT2D eigenvalue weighted by Gasteiger charge is -2.17. The maximum absolute atomic E-state index is 13.2. The first-order valence-electron chi connectivity index (χ1n) is 9.64. The molecule has 9 nitrogen and oxygen atoms in total. The SMILES string of the molecule is O=C(NC1(C(=O)NCc2ccc(Nc3ccc(F)cc3Cl)cn2)CC1)Oc1cncnc1. The van der Waals surface area contributed by atoms with Crippen molar-refractivity contribution in [3.05, 3.63) is 71.8 Å². The lowest BCUT2D eigenvalue weighted by Crippen LogP contribution is -2.49. The van der Waals surface area contributed by atoms with Crippen LogP contribution in [0, 0.1) is 5.82 Å². The number of hydrogen-bond acceptors (Lipinski definition) is 7. The second-order valence-electron chi connectivity index (χ2n) is 7.14. The summed E-state index contributed by atoms with van der Waals surface area (Å²) in [4.78, 5) is 36.4. The number of benzene rings is 1. The van der Waals surface area contributed by atoms with Gasteiger partial charge in [0.1, 0.15) is 17.7 Å². The van der Waals surface area contributed by atoms with Crippen LogP contribution < -0.4 is 20.7 Å². The van der Waals surface area contributed by atoms with E-state index in [1.807, 2.05) is 0 Å². The Morgan fingerprint density at radius 2 is 1.91 bits per heavy atom. The summed E-state index contributed by atoms with van der Waals surface area (Å²) in [5.41, 5.74) is 0.829. The topological polar surface area (TPSA) is 118 Å². The minimum Gasteiger partial charge on any atom is -0.407 e. The molecule has 2 aromatic heterocycles. The third kappa shape index (κ3) is 5.27. The smallest absolute Gasteiger partial charge is 0.407 e. The molecule has 1 saturated carbocycles. The van der Waals surface area contributed by atoms with Crippen molar-refractivity contribution in [1.29, 1.82) is 0 Å². The van der Waals surface area contributed by atoms with E-state index >= 15 is 0 Å². The van der Waals surface area contributed by atoms with Crippen LogP contribution in [0.5, 0.6) is 5.75 Å². The summed E-state index contributed by atoms with van der Waals surface area (Å²) in [7, 11) is 0. The van der Waals surface area contributed by atoms with Crippen molar-refractivity contribution in [1.82, 2.24) is 25.6 Å². The Hall–Kier alpha value is -3.79. The summed E-state index contributed by atoms with van der Waals surface area (Å²) >= 11 is 6.01. The fourth-order valence-corrected chi connectivity index (χ4v) is 3.10. The van der Waals surface area contributed by atoms with E-state index in [0.29, 0.717) is 29.9 Å². The summed E-state index contributed by atoms with van der Waals surface area (Å²) in [6.45, 7) is 0.182. The second kappa shape index (κ2) is 9.15. The number of nitrogens with zero attached hydrogens (tertiary/aromatic N) is 3. The lowest BCUT2D eigenvalue weighted by atomic mass is 10.2. The zero-order valence-corrected chi connectivity index (χ0v) is 17.4. The summed E-state index contributed by atoms with van der Waals surface area (Å²) in [5.74, 6) is -0.558. The molecule has 1 fully saturated rings. The van der Waals surface area contributed by atoms with Crippen LogP contribution in [-0.2, 0) is 11.3 Å². The quantitative estimate of drug-likeness (QED) is 0.499. The number of nitrogens with one attached hydrogen (secondary N) is 3. The van der Waals surface area contributed by atoms with Gasteiger partial charge in [-0.25, -0.2) is 19.2 Å². The highest BCUT2D eigenvalue weighted by molar-refractivity contribution is 6.33. The molecule has 1 aromatic carbocycles. The van der Waals surface area contributed by atoms with Crippen molar-refractivity contribution in [3.8, 4) is 5.75 Å². The molecule has 1 aliphatic carbocycles. The molecule has 2 heterocycles. The van der Waals surface area contributed by atoms with Gasteiger partial charge >= 0.3 is 6.09 Å². The highest BCUT2D eigenvalue weighted by atomic mass is 35.5. The molecule has 0 bridgehead atoms. The molecule has 0 atom stereocenters. The number of amides is 2. The Morgan fingerprint density at radius 3 is 2.56 bits per heavy atom. The molecule has 0 aliphatic heterocycles. The molecule has 32 heavy (non-hydrogen) atoms. The molecule has 2 amide bonds. The second-order valence-corrected chi connectivity index (χ2v) is 7.55. The molecule has 11 heteroatoms. The van der Waals surface area contributed by atoms with Crippen molar-refractivity contribution in [2.24, 2.45) is 0 Å². The number of pyridine rings is 1. The van der Waals surface area contributed by atoms with Gasteiger partial charge in [-0.1, -0.05) is 11.6 Å². The number of rotatable bonds is 7. The zero-order valence-electron chi connectivity index (χ0n) is 16.6. The summed E-state index contributed by atoms with van der Waals surface area (Å²) < 4.78 is 18.2. The molecule has 4 rings (SSSR count). The van der Waals surface area contributed by atoms with E-state index in [9.17, 15) is 14.0 Å². The van der Waals surface area contributed by atoms with E-state index in [-0.39, 0.29) is 23.2 Å². The van der Waals surface area contributed by atoms with Gasteiger partial charge in [0.05, 0.1) is 47.2 Å². The first kappa shape index (κ1) is 21.4. The van der Waals surface area contributed by atoms with Crippen LogP contribution in [0.25, 0.3) is 0 Å². The van der Waals surface area contributed by atoms with Gasteiger partial charge in [-0.2, -0.15) is 0 Å². The highest BCUT2D eigenvalue weighted by Gasteiger charge is 2.51. The van der Waals surface area contributed by atoms with Gasteiger partial charge in [0.15, 0.2) is 5.75 Å². The average Bonchev–Trinajstić information content (AvgIpc) is 3.56. The van der Waals surface area contributed by atoms with Crippen LogP contribution in [0.3, 0.4) is 0 Å². The van der Waals surface area contributed by atoms with Gasteiger partial charge in [0, 0.05) is 0 Å². The monoisotopic (exact) mass is 456 g/mol. The third-order valence-electron chi connectivity index (χ3n) is 4.74. The van der Waals surface area contributed by atoms with Crippen molar-refractivity contribution < 1.29 is 18.7 Å². The number of aromatic nitrogens is 3. The van der Waals surface area contributed by atoms with E-state index in [1.165, 1.54) is 36.9 Å². The van der Waals surface area contributed by atoms with Gasteiger partial charge < -0.3 is 20.7 Å². The van der Waals surface area contributed by atoms with E-state index in [1.54, 1.807) is 18.3 Å². The van der Waals surface area contributed by atoms with E-state index in [0.717, 1.165) is 0 Å². The minimum atomic E-state index is -0.993. The van der Waals surface area contributed by atoms with Crippen molar-refractivity contribution in [2.45, 2.75) is 24.9 Å². The van der Waals surface area contributed by atoms with Crippen LogP contribution in [0.4, 0.5) is 20.6 Å². The minimum absolute atomic E-state index is 0.182. The van der Waals surface area contributed by atoms with E-state index < -0.39 is 17.4 Å². The highest BCUT2D eigenvalue weighted by Crippen LogP contribution is 2.35. The van der Waals surface area contributed by atoms with Crippen LogP contribution >= 0.6 is 11.6 Å². The molecular formula is C21H18ClFN6O3. The van der Waals surface area contributed by atoms with Gasteiger partial charge in [0.2, 0.25) is 5.91 Å². The lowest BCUT2D eigenvalue weighted by molar-refractivity contribution is -0.124. The summed E-state index contributed by atoms with van der Waals surface area (Å²) in [6.07, 6.45) is 5.85. The number of carbonyl (C=O) groups excluding carboxylic acids is 2. The molecular weight excluding hydrogens is 439 g/mol. The molecule has 0 spiro atoms. The Balaban J connectivity index is 1.28. The Bertz CT molecular complexity index is 1130. The standard InChI is InChI=1S/C21H18ClFN6O3/c22-17-7-13(23)1-4-18(17)28-15-3-2-14(26-9-15)8-27-19(30)21(5-6-21)29-20(31)32-16-10-24-12-25-11-16/h1-4,7,9-12,28H,5-6,8H2,(H,27,30)(H,29,31). The molecule has 164 valence electrons. The number of halogens is 2. The largest absolute Gasteiger partial charge is 0.413 e. The molecule has 3 N–H and O–H groups in total. The first-order valence-corrected chi connectivity index (χ1v) is 10.0. The van der Waals surface area contributed by atoms with Crippen molar-refractivity contribution in [3.63, 3.8) is 0 Å². The predicted molar refractivity (Wildman–Crippen MR) is 114 cm³/mol. The fourth-order valence-electron chi connectivity index (χ4n) is 2.89. The van der Waals surface area contributed by atoms with E-state index in [4.69, 9.17) is 16.3 Å². The van der Waals surface area contributed by atoms with Gasteiger partial charge in [-0.05, 0) is 43.2 Å². The maximum atomic E-state index is 13.2. The van der Waals surface area contributed by atoms with Gasteiger partial charge in [0.25, 0.3) is 0 Å². The molecule has 1 aliphatic rings. The van der Waals surface area contributed by atoms with E-state index in [2.05, 4.69) is 30.9 Å². The maximum Gasteiger partial charge on any atom is 0.413 e. The number of hydrogen-bond donors (Lipinski definition) is 3. The van der Waals surface area contributed by atoms with Crippen molar-refractivity contribution >= 4 is 35.0 Å². The van der Waals surface area contributed by atoms with Gasteiger partial charge in [-0.3, -0.25) is 9.78 Å². The third-order valence-corrected chi connectivity index (χ3v) is 5.05. The first-order chi connectivity index (χ1) is 15.4. The summed E-state index contributed by atoms with van der Waals surface area (Å²) in [6, 6.07) is 7.54. The fraction of sp³-hybridized carbons (Fsp3) is 0.190.